The molecule has 10 heteroatoms. The highest BCUT2D eigenvalue weighted by atomic mass is 32.2. The Bertz CT molecular complexity index is 872. The van der Waals surface area contributed by atoms with Gasteiger partial charge in [0.25, 0.3) is 11.5 Å². The summed E-state index contributed by atoms with van der Waals surface area (Å²) in [6, 6.07) is 1.79. The maximum Gasteiger partial charge on any atom is 0.263 e. The number of hydrogen-bond acceptors (Lipinski definition) is 7. The summed E-state index contributed by atoms with van der Waals surface area (Å²) in [5.74, 6) is -0.159. The van der Waals surface area contributed by atoms with E-state index >= 15 is 0 Å². The third-order valence-electron chi connectivity index (χ3n) is 4.51. The third-order valence-corrected chi connectivity index (χ3v) is 5.05. The number of carbonyl (C=O) groups excluding carboxylic acids is 1. The van der Waals surface area contributed by atoms with E-state index in [0.717, 1.165) is 19.6 Å². The van der Waals surface area contributed by atoms with Crippen molar-refractivity contribution >= 4 is 23.6 Å². The van der Waals surface area contributed by atoms with Gasteiger partial charge in [-0.2, -0.15) is 4.98 Å². The van der Waals surface area contributed by atoms with Gasteiger partial charge in [-0.1, -0.05) is 11.8 Å². The molecule has 0 spiro atoms. The highest BCUT2D eigenvalue weighted by Crippen LogP contribution is 2.13. The molecule has 1 amide bonds. The molecular weight excluding hydrogens is 368 g/mol. The zero-order chi connectivity index (χ0) is 19.4. The zero-order valence-corrected chi connectivity index (χ0v) is 16.6. The van der Waals surface area contributed by atoms with Crippen LogP contribution in [0.15, 0.2) is 22.2 Å². The molecule has 0 aliphatic carbocycles. The number of carbonyl (C=O) groups is 1. The minimum atomic E-state index is -0.471. The standard InChI is InChI=1S/C17H24N6O3S/c1-12-4-5-23(7-6-22-8-10-26-11-9-22)15(25)13(12)14(24)18-16-19-17(27-3)20-21(16)2/h4-5H,6-11H2,1-3H3,(H,18,19,20,24). The predicted octanol–water partition coefficient (Wildman–Crippen LogP) is 0.592. The van der Waals surface area contributed by atoms with Crippen molar-refractivity contribution in [3.63, 3.8) is 0 Å². The summed E-state index contributed by atoms with van der Waals surface area (Å²) in [7, 11) is 1.70. The first kappa shape index (κ1) is 19.6. The van der Waals surface area contributed by atoms with Crippen LogP contribution in [-0.2, 0) is 18.3 Å². The number of ether oxygens (including phenoxy) is 1. The highest BCUT2D eigenvalue weighted by Gasteiger charge is 2.19. The monoisotopic (exact) mass is 392 g/mol. The number of rotatable bonds is 6. The largest absolute Gasteiger partial charge is 0.379 e. The lowest BCUT2D eigenvalue weighted by Gasteiger charge is -2.26. The second-order valence-corrected chi connectivity index (χ2v) is 7.10. The summed E-state index contributed by atoms with van der Waals surface area (Å²) >= 11 is 1.38. The van der Waals surface area contributed by atoms with Crippen LogP contribution in [0, 0.1) is 6.92 Å². The van der Waals surface area contributed by atoms with E-state index in [2.05, 4.69) is 20.3 Å². The van der Waals surface area contributed by atoms with Crippen molar-refractivity contribution in [2.75, 3.05) is 44.4 Å². The number of amides is 1. The van der Waals surface area contributed by atoms with Gasteiger partial charge >= 0.3 is 0 Å². The summed E-state index contributed by atoms with van der Waals surface area (Å²) in [5, 5.41) is 7.42. The maximum atomic E-state index is 12.9. The van der Waals surface area contributed by atoms with E-state index in [1.807, 2.05) is 6.26 Å². The van der Waals surface area contributed by atoms with Crippen LogP contribution in [0.2, 0.25) is 0 Å². The van der Waals surface area contributed by atoms with Crippen LogP contribution in [0.3, 0.4) is 0 Å². The average molecular weight is 392 g/mol. The molecule has 0 aromatic carbocycles. The Balaban J connectivity index is 1.76. The van der Waals surface area contributed by atoms with Crippen LogP contribution in [0.5, 0.6) is 0 Å². The highest BCUT2D eigenvalue weighted by molar-refractivity contribution is 7.98. The first-order valence-electron chi connectivity index (χ1n) is 8.76. The molecule has 0 saturated carbocycles. The van der Waals surface area contributed by atoms with Gasteiger partial charge in [0.15, 0.2) is 0 Å². The minimum absolute atomic E-state index is 0.133. The predicted molar refractivity (Wildman–Crippen MR) is 103 cm³/mol. The Hall–Kier alpha value is -2.17. The number of aryl methyl sites for hydroxylation is 2. The van der Waals surface area contributed by atoms with Crippen LogP contribution in [0.25, 0.3) is 0 Å². The van der Waals surface area contributed by atoms with Crippen molar-refractivity contribution in [2.24, 2.45) is 7.05 Å². The number of nitrogens with one attached hydrogen (secondary N) is 1. The van der Waals surface area contributed by atoms with Gasteiger partial charge in [0.2, 0.25) is 11.1 Å². The number of morpholine rings is 1. The molecule has 2 aromatic heterocycles. The van der Waals surface area contributed by atoms with Crippen molar-refractivity contribution in [3.8, 4) is 0 Å². The molecule has 1 saturated heterocycles. The van der Waals surface area contributed by atoms with Crippen LogP contribution in [-0.4, -0.2) is 69.2 Å². The molecular formula is C17H24N6O3S. The lowest BCUT2D eigenvalue weighted by Crippen LogP contribution is -2.40. The summed E-state index contributed by atoms with van der Waals surface area (Å²) in [4.78, 5) is 32.1. The molecule has 9 nitrogen and oxygen atoms in total. The molecule has 3 rings (SSSR count). The van der Waals surface area contributed by atoms with E-state index in [1.54, 1.807) is 30.8 Å². The molecule has 27 heavy (non-hydrogen) atoms. The molecule has 146 valence electrons. The van der Waals surface area contributed by atoms with Crippen molar-refractivity contribution in [1.82, 2.24) is 24.2 Å². The Morgan fingerprint density at radius 3 is 2.74 bits per heavy atom. The van der Waals surface area contributed by atoms with Crippen molar-refractivity contribution < 1.29 is 9.53 Å². The van der Waals surface area contributed by atoms with Gasteiger partial charge in [0.05, 0.1) is 13.2 Å². The SMILES string of the molecule is CSc1nc(NC(=O)c2c(C)ccn(CCN3CCOCC3)c2=O)n(C)n1. The lowest BCUT2D eigenvalue weighted by molar-refractivity contribution is 0.0363. The smallest absolute Gasteiger partial charge is 0.263 e. The fraction of sp³-hybridized carbons (Fsp3) is 0.529. The fourth-order valence-electron chi connectivity index (χ4n) is 2.91. The first-order chi connectivity index (χ1) is 13.0. The summed E-state index contributed by atoms with van der Waals surface area (Å²) in [6.45, 7) is 6.18. The minimum Gasteiger partial charge on any atom is -0.379 e. The van der Waals surface area contributed by atoms with Gasteiger partial charge in [0.1, 0.15) is 5.56 Å². The Morgan fingerprint density at radius 1 is 1.33 bits per heavy atom. The Labute approximate surface area is 161 Å². The number of pyridine rings is 1. The van der Waals surface area contributed by atoms with Gasteiger partial charge in [-0.15, -0.1) is 5.10 Å². The van der Waals surface area contributed by atoms with Crippen molar-refractivity contribution in [1.29, 1.82) is 0 Å². The second-order valence-electron chi connectivity index (χ2n) is 6.33. The molecule has 1 fully saturated rings. The van der Waals surface area contributed by atoms with Crippen LogP contribution in [0.1, 0.15) is 15.9 Å². The van der Waals surface area contributed by atoms with Gasteiger partial charge in [-0.3, -0.25) is 19.8 Å². The number of anilines is 1. The Morgan fingerprint density at radius 2 is 2.07 bits per heavy atom. The molecule has 0 unspecified atom stereocenters. The van der Waals surface area contributed by atoms with E-state index < -0.39 is 5.91 Å². The summed E-state index contributed by atoms with van der Waals surface area (Å²) in [6.07, 6.45) is 3.60. The van der Waals surface area contributed by atoms with E-state index in [1.165, 1.54) is 16.4 Å². The molecule has 1 aliphatic rings. The van der Waals surface area contributed by atoms with E-state index in [-0.39, 0.29) is 11.1 Å². The molecule has 0 bridgehead atoms. The van der Waals surface area contributed by atoms with Gasteiger partial charge < -0.3 is 9.30 Å². The lowest BCUT2D eigenvalue weighted by atomic mass is 10.1. The number of hydrogen-bond donors (Lipinski definition) is 1. The van der Waals surface area contributed by atoms with Crippen LogP contribution < -0.4 is 10.9 Å². The molecule has 3 heterocycles. The van der Waals surface area contributed by atoms with Crippen LogP contribution in [0.4, 0.5) is 5.95 Å². The maximum absolute atomic E-state index is 12.9. The zero-order valence-electron chi connectivity index (χ0n) is 15.8. The third kappa shape index (κ3) is 4.57. The topological polar surface area (TPSA) is 94.3 Å². The van der Waals surface area contributed by atoms with E-state index in [4.69, 9.17) is 4.74 Å². The molecule has 1 aliphatic heterocycles. The van der Waals surface area contributed by atoms with E-state index in [0.29, 0.717) is 36.4 Å². The molecule has 1 N–H and O–H groups in total. The van der Waals surface area contributed by atoms with Crippen molar-refractivity contribution in [2.45, 2.75) is 18.6 Å². The fourth-order valence-corrected chi connectivity index (χ4v) is 3.29. The molecule has 0 atom stereocenters. The van der Waals surface area contributed by atoms with Crippen LogP contribution >= 0.6 is 11.8 Å². The van der Waals surface area contributed by atoms with Gasteiger partial charge in [-0.25, -0.2) is 4.68 Å². The van der Waals surface area contributed by atoms with Gasteiger partial charge in [-0.05, 0) is 24.8 Å². The quantitative estimate of drug-likeness (QED) is 0.719. The number of nitrogens with zero attached hydrogens (tertiary/aromatic N) is 5. The summed E-state index contributed by atoms with van der Waals surface area (Å²) < 4.78 is 8.41. The first-order valence-corrected chi connectivity index (χ1v) is 9.98. The normalized spacial score (nSPS) is 15.1. The van der Waals surface area contributed by atoms with E-state index in [9.17, 15) is 9.59 Å². The second kappa shape index (κ2) is 8.68. The molecule has 2 aromatic rings. The Kier molecular flexibility index (Phi) is 6.30. The number of thioether (sulfide) groups is 1. The average Bonchev–Trinajstić information content (AvgIpc) is 3.01. The summed E-state index contributed by atoms with van der Waals surface area (Å²) in [5.41, 5.74) is 0.466. The van der Waals surface area contributed by atoms with Crippen molar-refractivity contribution in [3.05, 3.63) is 33.7 Å². The molecule has 0 radical (unpaired) electrons. The van der Waals surface area contributed by atoms with Gasteiger partial charge in [0, 0.05) is 39.4 Å². The number of aromatic nitrogens is 4.